The summed E-state index contributed by atoms with van der Waals surface area (Å²) >= 11 is 0. The minimum atomic E-state index is -0.465. The van der Waals surface area contributed by atoms with Crippen LogP contribution in [-0.2, 0) is 0 Å². The van der Waals surface area contributed by atoms with Crippen LogP contribution in [-0.4, -0.2) is 10.1 Å². The quantitative estimate of drug-likeness (QED) is 0.550. The summed E-state index contributed by atoms with van der Waals surface area (Å²) in [4.78, 5) is 9.92. The van der Waals surface area contributed by atoms with E-state index < -0.39 is 4.92 Å². The van der Waals surface area contributed by atoms with Crippen LogP contribution in [0.25, 0.3) is 0 Å². The summed E-state index contributed by atoms with van der Waals surface area (Å²) in [6, 6.07) is 5.82. The fourth-order valence-corrected chi connectivity index (χ4v) is 0.982. The highest BCUT2D eigenvalue weighted by molar-refractivity contribution is 5.35. The molecular weight excluding hydrogens is 172 g/mol. The molecule has 5 nitrogen and oxygen atoms in total. The molecule has 5 heteroatoms. The lowest BCUT2D eigenvalue weighted by Crippen LogP contribution is -2.13. The largest absolute Gasteiger partial charge is 0.316 e. The number of nitrogens with one attached hydrogen (secondary N) is 1. The average Bonchev–Trinajstić information content (AvgIpc) is 2.17. The van der Waals surface area contributed by atoms with Gasteiger partial charge < -0.3 is 5.21 Å². The highest BCUT2D eigenvalue weighted by Gasteiger charge is 2.09. The van der Waals surface area contributed by atoms with Crippen LogP contribution in [0.3, 0.4) is 0 Å². The van der Waals surface area contributed by atoms with Crippen molar-refractivity contribution in [3.8, 4) is 0 Å². The van der Waals surface area contributed by atoms with Crippen LogP contribution >= 0.6 is 0 Å². The van der Waals surface area contributed by atoms with E-state index in [1.54, 1.807) is 19.1 Å². The van der Waals surface area contributed by atoms with Crippen molar-refractivity contribution in [3.63, 3.8) is 0 Å². The van der Waals surface area contributed by atoms with Crippen molar-refractivity contribution < 1.29 is 10.1 Å². The van der Waals surface area contributed by atoms with E-state index in [2.05, 4.69) is 0 Å². The van der Waals surface area contributed by atoms with Crippen molar-refractivity contribution in [1.29, 1.82) is 0 Å². The van der Waals surface area contributed by atoms with Crippen LogP contribution in [0.1, 0.15) is 18.5 Å². The summed E-state index contributed by atoms with van der Waals surface area (Å²) in [6.45, 7) is 1.71. The van der Waals surface area contributed by atoms with Gasteiger partial charge in [-0.3, -0.25) is 10.1 Å². The maximum absolute atomic E-state index is 10.4. The molecule has 0 aliphatic rings. The van der Waals surface area contributed by atoms with Gasteiger partial charge in [0.2, 0.25) is 0 Å². The van der Waals surface area contributed by atoms with E-state index in [1.165, 1.54) is 12.1 Å². The van der Waals surface area contributed by atoms with Gasteiger partial charge in [0.05, 0.1) is 11.0 Å². The summed E-state index contributed by atoms with van der Waals surface area (Å²) in [5.41, 5.74) is 2.73. The molecule has 0 spiro atoms. The Morgan fingerprint density at radius 2 is 2.31 bits per heavy atom. The van der Waals surface area contributed by atoms with Crippen LogP contribution in [0, 0.1) is 10.1 Å². The van der Waals surface area contributed by atoms with E-state index in [4.69, 9.17) is 5.21 Å². The minimum absolute atomic E-state index is 0.0274. The van der Waals surface area contributed by atoms with Crippen molar-refractivity contribution in [2.45, 2.75) is 13.0 Å². The van der Waals surface area contributed by atoms with Gasteiger partial charge in [0.1, 0.15) is 0 Å². The molecule has 1 unspecified atom stereocenters. The molecule has 0 saturated carbocycles. The number of benzene rings is 1. The normalized spacial score (nSPS) is 12.5. The second-order valence-corrected chi connectivity index (χ2v) is 2.70. The number of hydrogen-bond donors (Lipinski definition) is 2. The molecule has 0 amide bonds. The van der Waals surface area contributed by atoms with E-state index in [0.29, 0.717) is 5.56 Å². The van der Waals surface area contributed by atoms with Crippen LogP contribution < -0.4 is 5.48 Å². The molecular formula is C8H10N2O3. The van der Waals surface area contributed by atoms with Gasteiger partial charge in [0.25, 0.3) is 5.69 Å². The van der Waals surface area contributed by atoms with Gasteiger partial charge >= 0.3 is 0 Å². The number of nitro benzene ring substituents is 1. The van der Waals surface area contributed by atoms with Crippen molar-refractivity contribution in [1.82, 2.24) is 5.48 Å². The predicted octanol–water partition coefficient (Wildman–Crippen LogP) is 1.63. The van der Waals surface area contributed by atoms with Gasteiger partial charge in [-0.2, -0.15) is 5.48 Å². The Bertz CT molecular complexity index is 314. The number of nitrogens with zero attached hydrogens (tertiary/aromatic N) is 1. The van der Waals surface area contributed by atoms with E-state index >= 15 is 0 Å². The lowest BCUT2D eigenvalue weighted by Gasteiger charge is -2.07. The smallest absolute Gasteiger partial charge is 0.269 e. The molecule has 1 aromatic carbocycles. The van der Waals surface area contributed by atoms with Crippen LogP contribution in [0.4, 0.5) is 5.69 Å². The molecule has 70 valence electrons. The molecule has 0 saturated heterocycles. The number of rotatable bonds is 3. The first-order valence-electron chi connectivity index (χ1n) is 3.79. The molecule has 1 rings (SSSR count). The summed E-state index contributed by atoms with van der Waals surface area (Å²) in [7, 11) is 0. The Morgan fingerprint density at radius 3 is 2.85 bits per heavy atom. The third-order valence-corrected chi connectivity index (χ3v) is 1.77. The number of nitro groups is 1. The highest BCUT2D eigenvalue weighted by Crippen LogP contribution is 2.18. The lowest BCUT2D eigenvalue weighted by atomic mass is 10.1. The zero-order valence-corrected chi connectivity index (χ0v) is 7.10. The second-order valence-electron chi connectivity index (χ2n) is 2.70. The van der Waals surface area contributed by atoms with E-state index in [0.717, 1.165) is 0 Å². The van der Waals surface area contributed by atoms with Gasteiger partial charge in [-0.05, 0) is 12.5 Å². The first-order chi connectivity index (χ1) is 6.15. The second kappa shape index (κ2) is 3.97. The Morgan fingerprint density at radius 1 is 1.62 bits per heavy atom. The lowest BCUT2D eigenvalue weighted by molar-refractivity contribution is -0.384. The molecule has 13 heavy (non-hydrogen) atoms. The SMILES string of the molecule is CC(NO)c1cccc([N+](=O)[O-])c1. The average molecular weight is 182 g/mol. The molecule has 0 aromatic heterocycles. The molecule has 1 aromatic rings. The fraction of sp³-hybridized carbons (Fsp3) is 0.250. The fourth-order valence-electron chi connectivity index (χ4n) is 0.982. The van der Waals surface area contributed by atoms with Crippen molar-refractivity contribution >= 4 is 5.69 Å². The molecule has 1 atom stereocenters. The summed E-state index contributed by atoms with van der Waals surface area (Å²) in [5, 5.41) is 19.0. The van der Waals surface area contributed by atoms with E-state index in [-0.39, 0.29) is 11.7 Å². The predicted molar refractivity (Wildman–Crippen MR) is 46.4 cm³/mol. The van der Waals surface area contributed by atoms with E-state index in [1.807, 2.05) is 5.48 Å². The molecule has 0 heterocycles. The van der Waals surface area contributed by atoms with Crippen LogP contribution in [0.5, 0.6) is 0 Å². The van der Waals surface area contributed by atoms with Crippen LogP contribution in [0.2, 0.25) is 0 Å². The first-order valence-corrected chi connectivity index (χ1v) is 3.79. The Balaban J connectivity index is 2.98. The molecule has 0 radical (unpaired) electrons. The molecule has 0 bridgehead atoms. The molecule has 0 aliphatic carbocycles. The standard InChI is InChI=1S/C8H10N2O3/c1-6(9-11)7-3-2-4-8(5-7)10(12)13/h2-6,9,11H,1H3. The van der Waals surface area contributed by atoms with Gasteiger partial charge in [-0.15, -0.1) is 0 Å². The topological polar surface area (TPSA) is 75.4 Å². The maximum atomic E-state index is 10.4. The summed E-state index contributed by atoms with van der Waals surface area (Å²) in [5.74, 6) is 0. The Hall–Kier alpha value is -1.46. The number of non-ortho nitro benzene ring substituents is 1. The summed E-state index contributed by atoms with van der Waals surface area (Å²) < 4.78 is 0. The van der Waals surface area contributed by atoms with Crippen molar-refractivity contribution in [2.24, 2.45) is 0 Å². The maximum Gasteiger partial charge on any atom is 0.269 e. The molecule has 0 aliphatic heterocycles. The number of hydroxylamine groups is 1. The monoisotopic (exact) mass is 182 g/mol. The van der Waals surface area contributed by atoms with Gasteiger partial charge in [0, 0.05) is 12.1 Å². The Labute approximate surface area is 75.1 Å². The third kappa shape index (κ3) is 2.24. The van der Waals surface area contributed by atoms with Crippen molar-refractivity contribution in [2.75, 3.05) is 0 Å². The minimum Gasteiger partial charge on any atom is -0.316 e. The van der Waals surface area contributed by atoms with Crippen molar-refractivity contribution in [3.05, 3.63) is 39.9 Å². The van der Waals surface area contributed by atoms with Crippen LogP contribution in [0.15, 0.2) is 24.3 Å². The molecule has 0 fully saturated rings. The van der Waals surface area contributed by atoms with Gasteiger partial charge in [-0.25, -0.2) is 0 Å². The highest BCUT2D eigenvalue weighted by atomic mass is 16.6. The van der Waals surface area contributed by atoms with E-state index in [9.17, 15) is 10.1 Å². The third-order valence-electron chi connectivity index (χ3n) is 1.77. The molecule has 2 N–H and O–H groups in total. The summed E-state index contributed by atoms with van der Waals surface area (Å²) in [6.07, 6.45) is 0. The zero-order chi connectivity index (χ0) is 9.84. The van der Waals surface area contributed by atoms with Gasteiger partial charge in [0.15, 0.2) is 0 Å². The van der Waals surface area contributed by atoms with Gasteiger partial charge in [-0.1, -0.05) is 12.1 Å². The Kier molecular flexibility index (Phi) is 2.94. The number of hydrogen-bond acceptors (Lipinski definition) is 4. The first kappa shape index (κ1) is 9.63. The zero-order valence-electron chi connectivity index (χ0n) is 7.10.